The van der Waals surface area contributed by atoms with Gasteiger partial charge in [0.25, 0.3) is 0 Å². The molecule has 0 bridgehead atoms. The smallest absolute Gasteiger partial charge is 0.306 e. The van der Waals surface area contributed by atoms with Gasteiger partial charge in [-0.15, -0.1) is 0 Å². The molecule has 0 aliphatic carbocycles. The zero-order chi connectivity index (χ0) is 54.3. The number of hydrogen-bond donors (Lipinski definition) is 0. The van der Waals surface area contributed by atoms with Gasteiger partial charge in [-0.25, -0.2) is 0 Å². The van der Waals surface area contributed by atoms with Gasteiger partial charge in [0, 0.05) is 19.3 Å². The first kappa shape index (κ1) is 71.3. The van der Waals surface area contributed by atoms with E-state index in [1.165, 1.54) is 128 Å². The Kier molecular flexibility index (Phi) is 59.8. The second-order valence-electron chi connectivity index (χ2n) is 20.9. The van der Waals surface area contributed by atoms with Crippen LogP contribution in [-0.2, 0) is 28.6 Å². The third-order valence-corrected chi connectivity index (χ3v) is 13.6. The third-order valence-electron chi connectivity index (χ3n) is 13.6. The first-order chi connectivity index (χ1) is 37.0. The molecule has 0 N–H and O–H groups in total. The van der Waals surface area contributed by atoms with Crippen molar-refractivity contribution in [3.05, 3.63) is 97.2 Å². The molecule has 6 nitrogen and oxygen atoms in total. The molecule has 0 fully saturated rings. The molecule has 0 rings (SSSR count). The summed E-state index contributed by atoms with van der Waals surface area (Å²) in [7, 11) is 0. The summed E-state index contributed by atoms with van der Waals surface area (Å²) in [6.45, 7) is 6.52. The fourth-order valence-electron chi connectivity index (χ4n) is 8.83. The van der Waals surface area contributed by atoms with Gasteiger partial charge in [-0.1, -0.05) is 279 Å². The number of carbonyl (C=O) groups is 3. The summed E-state index contributed by atoms with van der Waals surface area (Å²) >= 11 is 0. The van der Waals surface area contributed by atoms with Crippen molar-refractivity contribution in [1.29, 1.82) is 0 Å². The summed E-state index contributed by atoms with van der Waals surface area (Å²) in [5.41, 5.74) is 0. The van der Waals surface area contributed by atoms with Gasteiger partial charge in [-0.3, -0.25) is 14.4 Å². The number of esters is 3. The summed E-state index contributed by atoms with van der Waals surface area (Å²) in [6, 6.07) is 0. The van der Waals surface area contributed by atoms with Crippen molar-refractivity contribution in [1.82, 2.24) is 0 Å². The van der Waals surface area contributed by atoms with E-state index in [-0.39, 0.29) is 31.1 Å². The van der Waals surface area contributed by atoms with E-state index in [1.54, 1.807) is 0 Å². The van der Waals surface area contributed by atoms with E-state index in [0.29, 0.717) is 19.3 Å². The Labute approximate surface area is 464 Å². The molecule has 0 heterocycles. The van der Waals surface area contributed by atoms with Gasteiger partial charge in [0.1, 0.15) is 13.2 Å². The van der Waals surface area contributed by atoms with E-state index < -0.39 is 6.10 Å². The zero-order valence-corrected chi connectivity index (χ0v) is 49.3. The number of rotatable bonds is 57. The van der Waals surface area contributed by atoms with E-state index in [2.05, 4.69) is 118 Å². The predicted octanol–water partition coefficient (Wildman–Crippen LogP) is 21.7. The summed E-state index contributed by atoms with van der Waals surface area (Å²) in [5, 5.41) is 0. The van der Waals surface area contributed by atoms with Crippen LogP contribution >= 0.6 is 0 Å². The highest BCUT2D eigenvalue weighted by Gasteiger charge is 2.19. The van der Waals surface area contributed by atoms with Crippen LogP contribution in [0.2, 0.25) is 0 Å². The molecule has 1 unspecified atom stereocenters. The topological polar surface area (TPSA) is 78.9 Å². The van der Waals surface area contributed by atoms with Crippen molar-refractivity contribution < 1.29 is 28.6 Å². The van der Waals surface area contributed by atoms with Crippen molar-refractivity contribution in [2.24, 2.45) is 0 Å². The number of unbranched alkanes of at least 4 members (excludes halogenated alkanes) is 30. The normalized spacial score (nSPS) is 12.7. The Hall–Kier alpha value is -3.67. The zero-order valence-electron chi connectivity index (χ0n) is 49.3. The van der Waals surface area contributed by atoms with E-state index in [4.69, 9.17) is 14.2 Å². The van der Waals surface area contributed by atoms with Crippen molar-refractivity contribution in [3.63, 3.8) is 0 Å². The maximum Gasteiger partial charge on any atom is 0.306 e. The van der Waals surface area contributed by atoms with Crippen molar-refractivity contribution in [2.45, 2.75) is 309 Å². The van der Waals surface area contributed by atoms with E-state index in [0.717, 1.165) is 135 Å². The lowest BCUT2D eigenvalue weighted by atomic mass is 10.0. The monoisotopic (exact) mass is 1040 g/mol. The molecule has 6 heteroatoms. The molecule has 430 valence electrons. The van der Waals surface area contributed by atoms with Crippen molar-refractivity contribution in [3.8, 4) is 0 Å². The van der Waals surface area contributed by atoms with Crippen LogP contribution in [0.15, 0.2) is 97.2 Å². The van der Waals surface area contributed by atoms with Gasteiger partial charge < -0.3 is 14.2 Å². The lowest BCUT2D eigenvalue weighted by molar-refractivity contribution is -0.167. The van der Waals surface area contributed by atoms with Crippen LogP contribution in [0.5, 0.6) is 0 Å². The average molecular weight is 1040 g/mol. The Morgan fingerprint density at radius 2 is 0.520 bits per heavy atom. The maximum absolute atomic E-state index is 12.9. The van der Waals surface area contributed by atoms with Crippen LogP contribution in [0, 0.1) is 0 Å². The van der Waals surface area contributed by atoms with Crippen LogP contribution in [0.4, 0.5) is 0 Å². The molecule has 0 amide bonds. The van der Waals surface area contributed by atoms with E-state index >= 15 is 0 Å². The molecule has 0 saturated heterocycles. The highest BCUT2D eigenvalue weighted by atomic mass is 16.6. The molecular formula is C69H118O6. The molecular weight excluding hydrogens is 925 g/mol. The SMILES string of the molecule is CC/C=C\C/C=C\C/C=C\C/C=C\C/C=C\CCCCCCCC(=O)OCC(COC(=O)CCCCCCCCCCCCCCCCC)OC(=O)CCCCCCCC/C=C\C/C=C\C/C=C\CCCCCCC. The highest BCUT2D eigenvalue weighted by molar-refractivity contribution is 5.71. The molecule has 0 aliphatic rings. The van der Waals surface area contributed by atoms with Crippen LogP contribution in [-0.4, -0.2) is 37.2 Å². The number of carbonyl (C=O) groups excluding carboxylic acids is 3. The fraction of sp³-hybridized carbons (Fsp3) is 0.725. The molecule has 75 heavy (non-hydrogen) atoms. The number of allylic oxidation sites excluding steroid dienone is 16. The van der Waals surface area contributed by atoms with Gasteiger partial charge in [0.2, 0.25) is 0 Å². The van der Waals surface area contributed by atoms with Crippen molar-refractivity contribution >= 4 is 17.9 Å². The minimum Gasteiger partial charge on any atom is -0.462 e. The second kappa shape index (κ2) is 62.9. The Morgan fingerprint density at radius 3 is 0.813 bits per heavy atom. The van der Waals surface area contributed by atoms with Crippen LogP contribution in [0.3, 0.4) is 0 Å². The van der Waals surface area contributed by atoms with E-state index in [9.17, 15) is 14.4 Å². The van der Waals surface area contributed by atoms with Crippen molar-refractivity contribution in [2.75, 3.05) is 13.2 Å². The predicted molar refractivity (Wildman–Crippen MR) is 325 cm³/mol. The molecule has 0 aliphatic heterocycles. The molecule has 1 atom stereocenters. The Morgan fingerprint density at radius 1 is 0.280 bits per heavy atom. The van der Waals surface area contributed by atoms with Crippen LogP contribution in [0.25, 0.3) is 0 Å². The van der Waals surface area contributed by atoms with Gasteiger partial charge in [-0.05, 0) is 103 Å². The summed E-state index contributed by atoms with van der Waals surface area (Å²) in [4.78, 5) is 38.3. The number of ether oxygens (including phenoxy) is 3. The summed E-state index contributed by atoms with van der Waals surface area (Å²) in [6.07, 6.45) is 84.0. The molecule has 0 aromatic carbocycles. The molecule has 0 spiro atoms. The quantitative estimate of drug-likeness (QED) is 0.0261. The Balaban J connectivity index is 4.44. The summed E-state index contributed by atoms with van der Waals surface area (Å²) < 4.78 is 16.9. The fourth-order valence-corrected chi connectivity index (χ4v) is 8.83. The maximum atomic E-state index is 12.9. The summed E-state index contributed by atoms with van der Waals surface area (Å²) in [5.74, 6) is -0.909. The molecule has 0 radical (unpaired) electrons. The van der Waals surface area contributed by atoms with Gasteiger partial charge >= 0.3 is 17.9 Å². The van der Waals surface area contributed by atoms with Crippen LogP contribution in [0.1, 0.15) is 303 Å². The minimum absolute atomic E-state index is 0.0874. The number of hydrogen-bond acceptors (Lipinski definition) is 6. The van der Waals surface area contributed by atoms with Crippen LogP contribution < -0.4 is 0 Å². The first-order valence-electron chi connectivity index (χ1n) is 31.7. The molecule has 0 aromatic rings. The lowest BCUT2D eigenvalue weighted by Crippen LogP contribution is -2.30. The second-order valence-corrected chi connectivity index (χ2v) is 20.9. The average Bonchev–Trinajstić information content (AvgIpc) is 3.41. The molecule has 0 aromatic heterocycles. The minimum atomic E-state index is -0.794. The lowest BCUT2D eigenvalue weighted by Gasteiger charge is -2.18. The largest absolute Gasteiger partial charge is 0.462 e. The van der Waals surface area contributed by atoms with E-state index in [1.807, 2.05) is 0 Å². The third kappa shape index (κ3) is 61.1. The Bertz CT molecular complexity index is 1480. The first-order valence-corrected chi connectivity index (χ1v) is 31.7. The molecule has 0 saturated carbocycles. The van der Waals surface area contributed by atoms with Gasteiger partial charge in [0.05, 0.1) is 0 Å². The van der Waals surface area contributed by atoms with Gasteiger partial charge in [0.15, 0.2) is 6.10 Å². The highest BCUT2D eigenvalue weighted by Crippen LogP contribution is 2.16. The van der Waals surface area contributed by atoms with Gasteiger partial charge in [-0.2, -0.15) is 0 Å². The standard InChI is InChI=1S/C69H118O6/c1-4-7-10-13-16-19-22-25-28-30-32-34-36-38-41-44-47-50-53-56-59-62-68(71)74-65-66(64-73-67(70)61-58-55-52-49-46-43-40-27-24-21-18-15-12-9-6-3)75-69(72)63-60-57-54-51-48-45-42-39-37-35-33-31-29-26-23-20-17-14-11-8-5-2/h7,10,16,19,23,25-26,28,31-34,37-39,41,66H,4-6,8-9,11-15,17-18,20-22,24,27,29-30,35-36,40,42-65H2,1-3H3/b10-7-,19-16-,26-23-,28-25-,33-31-,34-32-,39-37-,41-38-.